The van der Waals surface area contributed by atoms with Crippen molar-refractivity contribution in [3.8, 4) is 0 Å². The van der Waals surface area contributed by atoms with E-state index in [1.807, 2.05) is 30.5 Å². The maximum Gasteiger partial charge on any atom is 0.0605 e. The van der Waals surface area contributed by atoms with Gasteiger partial charge >= 0.3 is 0 Å². The second-order valence-electron chi connectivity index (χ2n) is 4.61. The molecule has 0 fully saturated rings. The van der Waals surface area contributed by atoms with Crippen molar-refractivity contribution in [1.82, 2.24) is 10.3 Å². The van der Waals surface area contributed by atoms with Gasteiger partial charge in [-0.15, -0.1) is 0 Å². The van der Waals surface area contributed by atoms with Crippen LogP contribution in [0.25, 0.3) is 0 Å². The van der Waals surface area contributed by atoms with Crippen molar-refractivity contribution in [2.45, 2.75) is 26.3 Å². The molecule has 100 valence electrons. The van der Waals surface area contributed by atoms with E-state index in [0.29, 0.717) is 0 Å². The molecule has 2 nitrogen and oxygen atoms in total. The Morgan fingerprint density at radius 2 is 2.00 bits per heavy atom. The summed E-state index contributed by atoms with van der Waals surface area (Å²) in [5.41, 5.74) is 3.46. The van der Waals surface area contributed by atoms with E-state index in [1.165, 1.54) is 5.56 Å². The lowest BCUT2D eigenvalue weighted by Gasteiger charge is -2.19. The summed E-state index contributed by atoms with van der Waals surface area (Å²) in [5, 5.41) is 4.31. The second kappa shape index (κ2) is 6.69. The quantitative estimate of drug-likeness (QED) is 0.893. The van der Waals surface area contributed by atoms with Gasteiger partial charge in [-0.1, -0.05) is 42.8 Å². The summed E-state index contributed by atoms with van der Waals surface area (Å²) >= 11 is 6.25. The predicted octanol–water partition coefficient (Wildman–Crippen LogP) is 3.94. The van der Waals surface area contributed by atoms with Gasteiger partial charge in [0.2, 0.25) is 0 Å². The molecule has 1 aromatic carbocycles. The van der Waals surface area contributed by atoms with Crippen molar-refractivity contribution in [1.29, 1.82) is 0 Å². The summed E-state index contributed by atoms with van der Waals surface area (Å²) in [6, 6.07) is 12.3. The summed E-state index contributed by atoms with van der Waals surface area (Å²) in [4.78, 5) is 4.52. The molecule has 0 aliphatic rings. The van der Waals surface area contributed by atoms with E-state index in [-0.39, 0.29) is 6.04 Å². The highest BCUT2D eigenvalue weighted by atomic mass is 35.5. The Hall–Kier alpha value is -1.38. The molecule has 0 aliphatic heterocycles. The van der Waals surface area contributed by atoms with Gasteiger partial charge in [0, 0.05) is 11.2 Å². The van der Waals surface area contributed by atoms with Crippen molar-refractivity contribution >= 4 is 11.6 Å². The fraction of sp³-hybridized carbons (Fsp3) is 0.312. The largest absolute Gasteiger partial charge is 0.309 e. The van der Waals surface area contributed by atoms with Crippen LogP contribution in [0.3, 0.4) is 0 Å². The lowest BCUT2D eigenvalue weighted by Crippen LogP contribution is -2.24. The second-order valence-corrected chi connectivity index (χ2v) is 5.02. The molecule has 1 aromatic heterocycles. The third kappa shape index (κ3) is 3.55. The minimum atomic E-state index is 0.200. The third-order valence-corrected chi connectivity index (χ3v) is 3.58. The number of halogens is 1. The molecule has 1 N–H and O–H groups in total. The van der Waals surface area contributed by atoms with E-state index < -0.39 is 0 Å². The number of likely N-dealkylation sites (N-methyl/N-ethyl adjacent to an activating group) is 1. The maximum absolute atomic E-state index is 6.25. The average molecular weight is 275 g/mol. The predicted molar refractivity (Wildman–Crippen MR) is 80.5 cm³/mol. The Balaban J connectivity index is 2.27. The zero-order valence-corrected chi connectivity index (χ0v) is 12.1. The number of nitrogens with zero attached hydrogens (tertiary/aromatic N) is 1. The summed E-state index contributed by atoms with van der Waals surface area (Å²) in [6.45, 7) is 5.11. The van der Waals surface area contributed by atoms with Crippen LogP contribution in [-0.4, -0.2) is 11.5 Å². The van der Waals surface area contributed by atoms with Gasteiger partial charge in [0.25, 0.3) is 0 Å². The zero-order chi connectivity index (χ0) is 13.7. The van der Waals surface area contributed by atoms with Crippen LogP contribution in [0.1, 0.15) is 29.8 Å². The first kappa shape index (κ1) is 14.0. The molecule has 0 aliphatic carbocycles. The smallest absolute Gasteiger partial charge is 0.0605 e. The normalized spacial score (nSPS) is 12.4. The summed E-state index contributed by atoms with van der Waals surface area (Å²) in [6.07, 6.45) is 2.70. The monoisotopic (exact) mass is 274 g/mol. The van der Waals surface area contributed by atoms with E-state index in [9.17, 15) is 0 Å². The van der Waals surface area contributed by atoms with Crippen LogP contribution in [0.2, 0.25) is 5.02 Å². The van der Waals surface area contributed by atoms with Crippen molar-refractivity contribution in [2.24, 2.45) is 0 Å². The number of aryl methyl sites for hydroxylation is 1. The summed E-state index contributed by atoms with van der Waals surface area (Å²) < 4.78 is 0. The number of aromatic nitrogens is 1. The first-order valence-corrected chi connectivity index (χ1v) is 6.98. The molecule has 1 atom stereocenters. The Morgan fingerprint density at radius 3 is 2.68 bits per heavy atom. The Morgan fingerprint density at radius 1 is 1.21 bits per heavy atom. The van der Waals surface area contributed by atoms with Crippen molar-refractivity contribution in [3.05, 3.63) is 64.4 Å². The van der Waals surface area contributed by atoms with Crippen LogP contribution in [0.5, 0.6) is 0 Å². The van der Waals surface area contributed by atoms with Crippen LogP contribution in [0.15, 0.2) is 42.6 Å². The van der Waals surface area contributed by atoms with Gasteiger partial charge in [0.05, 0.1) is 11.7 Å². The van der Waals surface area contributed by atoms with Crippen LogP contribution < -0.4 is 5.32 Å². The molecule has 1 heterocycles. The van der Waals surface area contributed by atoms with Gasteiger partial charge in [-0.3, -0.25) is 4.98 Å². The molecule has 0 saturated carbocycles. The molecule has 0 saturated heterocycles. The standard InChI is InChI=1S/C16H19ClN2/c1-3-18-15(16-12(2)7-6-10-19-16)11-13-8-4-5-9-14(13)17/h4-10,15,18H,3,11H2,1-2H3. The van der Waals surface area contributed by atoms with E-state index in [1.54, 1.807) is 0 Å². The van der Waals surface area contributed by atoms with Gasteiger partial charge in [-0.2, -0.15) is 0 Å². The molecule has 0 radical (unpaired) electrons. The van der Waals surface area contributed by atoms with E-state index in [4.69, 9.17) is 11.6 Å². The number of pyridine rings is 1. The van der Waals surface area contributed by atoms with Crippen molar-refractivity contribution in [2.75, 3.05) is 6.54 Å². The Kier molecular flexibility index (Phi) is 4.94. The van der Waals surface area contributed by atoms with Gasteiger partial charge in [-0.05, 0) is 43.1 Å². The summed E-state index contributed by atoms with van der Waals surface area (Å²) in [7, 11) is 0. The lowest BCUT2D eigenvalue weighted by atomic mass is 10.00. The molecule has 3 heteroatoms. The van der Waals surface area contributed by atoms with Crippen LogP contribution >= 0.6 is 11.6 Å². The molecule has 2 aromatic rings. The minimum Gasteiger partial charge on any atom is -0.309 e. The zero-order valence-electron chi connectivity index (χ0n) is 11.4. The Bertz CT molecular complexity index is 540. The molecule has 0 bridgehead atoms. The first-order valence-electron chi connectivity index (χ1n) is 6.60. The van der Waals surface area contributed by atoms with Gasteiger partial charge in [0.1, 0.15) is 0 Å². The van der Waals surface area contributed by atoms with Gasteiger partial charge < -0.3 is 5.32 Å². The van der Waals surface area contributed by atoms with Gasteiger partial charge in [0.15, 0.2) is 0 Å². The number of nitrogens with one attached hydrogen (secondary N) is 1. The molecular formula is C16H19ClN2. The first-order chi connectivity index (χ1) is 9.22. The third-order valence-electron chi connectivity index (χ3n) is 3.21. The average Bonchev–Trinajstić information content (AvgIpc) is 2.41. The fourth-order valence-electron chi connectivity index (χ4n) is 2.26. The maximum atomic E-state index is 6.25. The SMILES string of the molecule is CCNC(Cc1ccccc1Cl)c1ncccc1C. The minimum absolute atomic E-state index is 0.200. The highest BCUT2D eigenvalue weighted by molar-refractivity contribution is 6.31. The lowest BCUT2D eigenvalue weighted by molar-refractivity contribution is 0.534. The fourth-order valence-corrected chi connectivity index (χ4v) is 2.47. The van der Waals surface area contributed by atoms with Crippen molar-refractivity contribution < 1.29 is 0 Å². The molecular weight excluding hydrogens is 256 g/mol. The number of hydrogen-bond acceptors (Lipinski definition) is 2. The highest BCUT2D eigenvalue weighted by Crippen LogP contribution is 2.24. The van der Waals surface area contributed by atoms with E-state index >= 15 is 0 Å². The molecule has 2 rings (SSSR count). The topological polar surface area (TPSA) is 24.9 Å². The van der Waals surface area contributed by atoms with Crippen LogP contribution in [-0.2, 0) is 6.42 Å². The molecule has 1 unspecified atom stereocenters. The number of hydrogen-bond donors (Lipinski definition) is 1. The molecule has 0 spiro atoms. The summed E-state index contributed by atoms with van der Waals surface area (Å²) in [5.74, 6) is 0. The Labute approximate surface area is 119 Å². The number of rotatable bonds is 5. The van der Waals surface area contributed by atoms with E-state index in [0.717, 1.165) is 29.2 Å². The molecule has 19 heavy (non-hydrogen) atoms. The number of benzene rings is 1. The van der Waals surface area contributed by atoms with Crippen LogP contribution in [0.4, 0.5) is 0 Å². The molecule has 0 amide bonds. The van der Waals surface area contributed by atoms with E-state index in [2.05, 4.69) is 36.3 Å². The highest BCUT2D eigenvalue weighted by Gasteiger charge is 2.15. The van der Waals surface area contributed by atoms with Gasteiger partial charge in [-0.25, -0.2) is 0 Å². The van der Waals surface area contributed by atoms with Crippen LogP contribution in [0, 0.1) is 6.92 Å². The van der Waals surface area contributed by atoms with Crippen molar-refractivity contribution in [3.63, 3.8) is 0 Å².